The van der Waals surface area contributed by atoms with E-state index in [2.05, 4.69) is 44.5 Å². The number of nitrogens with one attached hydrogen (secondary N) is 1. The molecule has 2 aliphatic rings. The Labute approximate surface area is 194 Å². The molecular weight excluding hydrogens is 418 g/mol. The maximum atomic E-state index is 10.6. The highest BCUT2D eigenvalue weighted by atomic mass is 16.5. The largest absolute Gasteiger partial charge is 0.495 e. The molecule has 0 saturated carbocycles. The summed E-state index contributed by atoms with van der Waals surface area (Å²) < 4.78 is 7.35. The molecule has 2 aliphatic heterocycles. The molecule has 0 atom stereocenters. The molecule has 0 bridgehead atoms. The van der Waals surface area contributed by atoms with Crippen molar-refractivity contribution in [2.45, 2.75) is 39.7 Å². The number of aryl methyl sites for hydroxylation is 2. The number of benzene rings is 1. The molecule has 1 fully saturated rings. The van der Waals surface area contributed by atoms with Crippen molar-refractivity contribution in [3.05, 3.63) is 35.2 Å². The zero-order valence-corrected chi connectivity index (χ0v) is 20.2. The molecule has 0 unspecified atom stereocenters. The summed E-state index contributed by atoms with van der Waals surface area (Å²) in [6, 6.07) is 4.27. The molecule has 9 heteroatoms. The topological polar surface area (TPSA) is 88.4 Å². The van der Waals surface area contributed by atoms with Crippen LogP contribution in [0.5, 0.6) is 5.75 Å². The molecule has 9 nitrogen and oxygen atoms in total. The molecule has 0 radical (unpaired) electrons. The standard InChI is InChI=1S/C18H22N6O.C6H11NO/c1-11-14-9-19-18(21-17(14)24(3)22-11)20-15-7-13-10-23(2)6-5-12(13)8-16(15)25-4;1-6(8)7-4-2-3-5-7/h7-9H,5-6,10H2,1-4H3,(H,19,20,21);2-5H2,1H3. The van der Waals surface area contributed by atoms with Crippen molar-refractivity contribution in [1.29, 1.82) is 0 Å². The minimum absolute atomic E-state index is 0.225. The fourth-order valence-electron chi connectivity index (χ4n) is 4.41. The van der Waals surface area contributed by atoms with Crippen LogP contribution in [0.2, 0.25) is 0 Å². The normalized spacial score (nSPS) is 15.7. The van der Waals surface area contributed by atoms with Crippen molar-refractivity contribution >= 4 is 28.6 Å². The Morgan fingerprint density at radius 1 is 1.12 bits per heavy atom. The Bertz CT molecular complexity index is 1150. The van der Waals surface area contributed by atoms with E-state index in [9.17, 15) is 4.79 Å². The van der Waals surface area contributed by atoms with Gasteiger partial charge < -0.3 is 19.9 Å². The van der Waals surface area contributed by atoms with Crippen molar-refractivity contribution in [2.24, 2.45) is 7.05 Å². The number of carbonyl (C=O) groups excluding carboxylic acids is 1. The number of amides is 1. The second-order valence-corrected chi connectivity index (χ2v) is 8.79. The predicted octanol–water partition coefficient (Wildman–Crippen LogP) is 3.04. The first kappa shape index (κ1) is 23.0. The lowest BCUT2D eigenvalue weighted by atomic mass is 9.99. The fraction of sp³-hybridized carbons (Fsp3) is 0.500. The highest BCUT2D eigenvalue weighted by molar-refractivity contribution is 5.79. The molecule has 5 rings (SSSR count). The van der Waals surface area contributed by atoms with Crippen LogP contribution < -0.4 is 10.1 Å². The summed E-state index contributed by atoms with van der Waals surface area (Å²) in [5.41, 5.74) is 5.29. The number of hydrogen-bond acceptors (Lipinski definition) is 7. The van der Waals surface area contributed by atoms with Gasteiger partial charge in [-0.2, -0.15) is 10.1 Å². The van der Waals surface area contributed by atoms with E-state index in [1.807, 2.05) is 25.1 Å². The highest BCUT2D eigenvalue weighted by Crippen LogP contribution is 2.33. The van der Waals surface area contributed by atoms with Crippen LogP contribution in [0.3, 0.4) is 0 Å². The van der Waals surface area contributed by atoms with Crippen LogP contribution in [-0.2, 0) is 24.8 Å². The van der Waals surface area contributed by atoms with Crippen molar-refractivity contribution in [3.8, 4) is 5.75 Å². The lowest BCUT2D eigenvalue weighted by molar-refractivity contribution is -0.127. The van der Waals surface area contributed by atoms with Gasteiger partial charge in [-0.1, -0.05) is 0 Å². The van der Waals surface area contributed by atoms with Gasteiger partial charge in [-0.15, -0.1) is 0 Å². The molecule has 1 aromatic carbocycles. The number of likely N-dealkylation sites (N-methyl/N-ethyl adjacent to an activating group) is 1. The number of rotatable bonds is 3. The van der Waals surface area contributed by atoms with Crippen molar-refractivity contribution < 1.29 is 9.53 Å². The first-order valence-electron chi connectivity index (χ1n) is 11.4. The lowest BCUT2D eigenvalue weighted by Gasteiger charge is -2.26. The van der Waals surface area contributed by atoms with E-state index >= 15 is 0 Å². The third-order valence-electron chi connectivity index (χ3n) is 6.29. The van der Waals surface area contributed by atoms with Gasteiger partial charge in [0.25, 0.3) is 0 Å². The summed E-state index contributed by atoms with van der Waals surface area (Å²) in [4.78, 5) is 23.8. The van der Waals surface area contributed by atoms with Crippen LogP contribution in [0.1, 0.15) is 36.6 Å². The number of aromatic nitrogens is 4. The molecule has 0 aliphatic carbocycles. The average Bonchev–Trinajstić information content (AvgIpc) is 3.43. The first-order valence-corrected chi connectivity index (χ1v) is 11.4. The fourth-order valence-corrected chi connectivity index (χ4v) is 4.41. The van der Waals surface area contributed by atoms with E-state index in [0.29, 0.717) is 5.95 Å². The van der Waals surface area contributed by atoms with Gasteiger partial charge in [-0.25, -0.2) is 4.98 Å². The van der Waals surface area contributed by atoms with Crippen molar-refractivity contribution in [2.75, 3.05) is 39.1 Å². The zero-order chi connectivity index (χ0) is 23.5. The van der Waals surface area contributed by atoms with Gasteiger partial charge in [-0.3, -0.25) is 9.48 Å². The van der Waals surface area contributed by atoms with E-state index in [-0.39, 0.29) is 5.91 Å². The number of anilines is 2. The molecule has 2 aromatic heterocycles. The number of methoxy groups -OCH3 is 1. The summed E-state index contributed by atoms with van der Waals surface area (Å²) in [6.07, 6.45) is 5.24. The van der Waals surface area contributed by atoms with Crippen LogP contribution in [-0.4, -0.2) is 69.2 Å². The Kier molecular flexibility index (Phi) is 6.78. The third kappa shape index (κ3) is 5.08. The van der Waals surface area contributed by atoms with Gasteiger partial charge in [0, 0.05) is 46.3 Å². The van der Waals surface area contributed by atoms with Crippen LogP contribution in [0.4, 0.5) is 11.6 Å². The number of hydrogen-bond donors (Lipinski definition) is 1. The predicted molar refractivity (Wildman–Crippen MR) is 129 cm³/mol. The van der Waals surface area contributed by atoms with Gasteiger partial charge in [0.15, 0.2) is 5.65 Å². The molecule has 0 spiro atoms. The molecule has 1 N–H and O–H groups in total. The van der Waals surface area contributed by atoms with Gasteiger partial charge in [0.1, 0.15) is 5.75 Å². The van der Waals surface area contributed by atoms with E-state index in [0.717, 1.165) is 60.8 Å². The Morgan fingerprint density at radius 2 is 1.88 bits per heavy atom. The first-order chi connectivity index (χ1) is 15.9. The SMILES string of the molecule is CC(=O)N1CCCC1.COc1cc2c(cc1Nc1ncc3c(C)nn(C)c3n1)CN(C)CC2. The van der Waals surface area contributed by atoms with E-state index < -0.39 is 0 Å². The van der Waals surface area contributed by atoms with E-state index in [1.165, 1.54) is 24.0 Å². The molecule has 33 heavy (non-hydrogen) atoms. The Morgan fingerprint density at radius 3 is 2.55 bits per heavy atom. The third-order valence-corrected chi connectivity index (χ3v) is 6.29. The van der Waals surface area contributed by atoms with E-state index in [4.69, 9.17) is 4.74 Å². The maximum absolute atomic E-state index is 10.6. The van der Waals surface area contributed by atoms with Crippen LogP contribution in [0.15, 0.2) is 18.3 Å². The Hall–Kier alpha value is -3.20. The molecule has 4 heterocycles. The highest BCUT2D eigenvalue weighted by Gasteiger charge is 2.18. The monoisotopic (exact) mass is 451 g/mol. The quantitative estimate of drug-likeness (QED) is 0.655. The molecule has 3 aromatic rings. The summed E-state index contributed by atoms with van der Waals surface area (Å²) in [6.45, 7) is 7.56. The van der Waals surface area contributed by atoms with Crippen molar-refractivity contribution in [1.82, 2.24) is 29.5 Å². The number of nitrogens with zero attached hydrogens (tertiary/aromatic N) is 6. The van der Waals surface area contributed by atoms with Crippen LogP contribution >= 0.6 is 0 Å². The number of ether oxygens (including phenoxy) is 1. The van der Waals surface area contributed by atoms with Gasteiger partial charge in [0.2, 0.25) is 11.9 Å². The summed E-state index contributed by atoms with van der Waals surface area (Å²) in [5.74, 6) is 1.58. The maximum Gasteiger partial charge on any atom is 0.229 e. The van der Waals surface area contributed by atoms with Crippen LogP contribution in [0.25, 0.3) is 11.0 Å². The second kappa shape index (κ2) is 9.74. The Balaban J connectivity index is 0.000000275. The minimum Gasteiger partial charge on any atom is -0.495 e. The summed E-state index contributed by atoms with van der Waals surface area (Å²) in [5, 5.41) is 8.67. The summed E-state index contributed by atoms with van der Waals surface area (Å²) in [7, 11) is 5.72. The van der Waals surface area contributed by atoms with E-state index in [1.54, 1.807) is 18.7 Å². The van der Waals surface area contributed by atoms with Crippen molar-refractivity contribution in [3.63, 3.8) is 0 Å². The number of fused-ring (bicyclic) bond motifs is 2. The minimum atomic E-state index is 0.225. The second-order valence-electron chi connectivity index (χ2n) is 8.79. The smallest absolute Gasteiger partial charge is 0.229 e. The van der Waals surface area contributed by atoms with Gasteiger partial charge in [-0.05, 0) is 56.5 Å². The average molecular weight is 452 g/mol. The van der Waals surface area contributed by atoms with Gasteiger partial charge in [0.05, 0.1) is 23.9 Å². The molecular formula is C24H33N7O2. The molecule has 1 saturated heterocycles. The molecule has 1 amide bonds. The number of likely N-dealkylation sites (tertiary alicyclic amines) is 1. The molecule has 176 valence electrons. The lowest BCUT2D eigenvalue weighted by Crippen LogP contribution is -2.26. The van der Waals surface area contributed by atoms with Crippen LogP contribution in [0, 0.1) is 6.92 Å². The van der Waals surface area contributed by atoms with Gasteiger partial charge >= 0.3 is 0 Å². The summed E-state index contributed by atoms with van der Waals surface area (Å²) >= 11 is 0. The number of carbonyl (C=O) groups is 1. The zero-order valence-electron chi connectivity index (χ0n) is 20.2.